The normalized spacial score (nSPS) is 17.6. The highest BCUT2D eigenvalue weighted by Gasteiger charge is 2.44. The molecule has 5 nitrogen and oxygen atoms in total. The van der Waals surface area contributed by atoms with Crippen molar-refractivity contribution in [3.8, 4) is 12.1 Å². The minimum absolute atomic E-state index is 0.269. The van der Waals surface area contributed by atoms with Gasteiger partial charge in [-0.15, -0.1) is 0 Å². The molecule has 0 N–H and O–H groups in total. The molecule has 128 valence electrons. The Kier molecular flexibility index (Phi) is 5.02. The highest BCUT2D eigenvalue weighted by Crippen LogP contribution is 2.40. The van der Waals surface area contributed by atoms with E-state index >= 15 is 0 Å². The van der Waals surface area contributed by atoms with Crippen LogP contribution in [0.15, 0.2) is 59.7 Å². The molecule has 1 amide bonds. The summed E-state index contributed by atoms with van der Waals surface area (Å²) in [5.41, 5.74) is 1.80. The lowest BCUT2D eigenvalue weighted by Crippen LogP contribution is -2.34. The van der Waals surface area contributed by atoms with E-state index in [1.54, 1.807) is 43.3 Å². The van der Waals surface area contributed by atoms with Gasteiger partial charge in [0.15, 0.2) is 0 Å². The van der Waals surface area contributed by atoms with Gasteiger partial charge in [-0.1, -0.05) is 48.0 Å². The summed E-state index contributed by atoms with van der Waals surface area (Å²) in [5.74, 6) is -2.71. The fourth-order valence-corrected chi connectivity index (χ4v) is 3.50. The Hall–Kier alpha value is -3.15. The van der Waals surface area contributed by atoms with Crippen LogP contribution < -0.4 is 5.01 Å². The molecule has 0 aromatic heterocycles. The van der Waals surface area contributed by atoms with Gasteiger partial charge in [-0.3, -0.25) is 4.79 Å². The molecule has 6 heteroatoms. The molecule has 0 bridgehead atoms. The van der Waals surface area contributed by atoms with E-state index in [0.29, 0.717) is 22.0 Å². The summed E-state index contributed by atoms with van der Waals surface area (Å²) in [6, 6.07) is 20.1. The number of carbonyl (C=O) groups excluding carboxylic acids is 1. The van der Waals surface area contributed by atoms with Crippen LogP contribution in [0.4, 0.5) is 5.69 Å². The van der Waals surface area contributed by atoms with E-state index in [2.05, 4.69) is 5.10 Å². The minimum Gasteiger partial charge on any atom is -0.272 e. The number of carbonyl (C=O) groups is 1. The number of nitriles is 2. The molecule has 3 rings (SSSR count). The van der Waals surface area contributed by atoms with E-state index < -0.39 is 17.8 Å². The van der Waals surface area contributed by atoms with Crippen molar-refractivity contribution in [2.75, 3.05) is 5.01 Å². The fourth-order valence-electron chi connectivity index (χ4n) is 3.23. The van der Waals surface area contributed by atoms with Gasteiger partial charge in [0.25, 0.3) is 5.91 Å². The smallest absolute Gasteiger partial charge is 0.256 e. The van der Waals surface area contributed by atoms with Crippen molar-refractivity contribution in [1.29, 1.82) is 10.5 Å². The SMILES string of the molecule is CC1=NN(c2ccccc2)C(=O)[C@@H]1[C@H](c1ccccc1Cl)C(C#N)C#N. The lowest BCUT2D eigenvalue weighted by molar-refractivity contribution is -0.120. The average Bonchev–Trinajstić information content (AvgIpc) is 2.95. The van der Waals surface area contributed by atoms with Crippen LogP contribution in [0.25, 0.3) is 0 Å². The molecule has 26 heavy (non-hydrogen) atoms. The van der Waals surface area contributed by atoms with Crippen LogP contribution in [0, 0.1) is 34.5 Å². The second-order valence-corrected chi connectivity index (χ2v) is 6.40. The summed E-state index contributed by atoms with van der Waals surface area (Å²) in [6.07, 6.45) is 0. The summed E-state index contributed by atoms with van der Waals surface area (Å²) in [6.45, 7) is 1.74. The lowest BCUT2D eigenvalue weighted by atomic mass is 9.75. The van der Waals surface area contributed by atoms with Crippen molar-refractivity contribution >= 4 is 28.9 Å². The van der Waals surface area contributed by atoms with Crippen molar-refractivity contribution in [2.24, 2.45) is 16.9 Å². The van der Waals surface area contributed by atoms with E-state index in [1.165, 1.54) is 5.01 Å². The van der Waals surface area contributed by atoms with Crippen LogP contribution in [-0.4, -0.2) is 11.6 Å². The lowest BCUT2D eigenvalue weighted by Gasteiger charge is -2.25. The molecular weight excluding hydrogens is 348 g/mol. The molecule has 1 aliphatic rings. The second-order valence-electron chi connectivity index (χ2n) is 5.99. The maximum absolute atomic E-state index is 13.1. The van der Waals surface area contributed by atoms with Crippen molar-refractivity contribution < 1.29 is 4.79 Å². The molecule has 2 aromatic carbocycles. The highest BCUT2D eigenvalue weighted by atomic mass is 35.5. The molecule has 2 atom stereocenters. The third-order valence-electron chi connectivity index (χ3n) is 4.44. The molecule has 0 radical (unpaired) electrons. The molecular formula is C20H15ClN4O. The van der Waals surface area contributed by atoms with Gasteiger partial charge in [-0.25, -0.2) is 5.01 Å². The molecule has 0 fully saturated rings. The first kappa shape index (κ1) is 17.7. The largest absolute Gasteiger partial charge is 0.272 e. The molecule has 0 unspecified atom stereocenters. The maximum atomic E-state index is 13.1. The van der Waals surface area contributed by atoms with Gasteiger partial charge in [0.1, 0.15) is 5.92 Å². The number of hydrogen-bond donors (Lipinski definition) is 0. The summed E-state index contributed by atoms with van der Waals surface area (Å²) in [4.78, 5) is 13.1. The van der Waals surface area contributed by atoms with Gasteiger partial charge in [0, 0.05) is 16.7 Å². The van der Waals surface area contributed by atoms with Crippen molar-refractivity contribution in [3.63, 3.8) is 0 Å². The minimum atomic E-state index is -1.02. The number of para-hydroxylation sites is 1. The average molecular weight is 363 g/mol. The summed E-state index contributed by atoms with van der Waals surface area (Å²) in [7, 11) is 0. The van der Waals surface area contributed by atoms with Crippen molar-refractivity contribution in [3.05, 3.63) is 65.2 Å². The number of rotatable bonds is 4. The first-order valence-corrected chi connectivity index (χ1v) is 8.44. The van der Waals surface area contributed by atoms with Gasteiger partial charge >= 0.3 is 0 Å². The van der Waals surface area contributed by atoms with E-state index in [0.717, 1.165) is 0 Å². The zero-order valence-corrected chi connectivity index (χ0v) is 14.8. The number of benzene rings is 2. The quantitative estimate of drug-likeness (QED) is 0.820. The third-order valence-corrected chi connectivity index (χ3v) is 4.79. The molecule has 0 aliphatic carbocycles. The molecule has 0 spiro atoms. The monoisotopic (exact) mass is 362 g/mol. The van der Waals surface area contributed by atoms with Crippen molar-refractivity contribution in [2.45, 2.75) is 12.8 Å². The summed E-state index contributed by atoms with van der Waals surface area (Å²) in [5, 5.41) is 25.1. The summed E-state index contributed by atoms with van der Waals surface area (Å²) < 4.78 is 0. The fraction of sp³-hybridized carbons (Fsp3) is 0.200. The predicted octanol–water partition coefficient (Wildman–Crippen LogP) is 4.13. The van der Waals surface area contributed by atoms with Crippen LogP contribution in [0.1, 0.15) is 18.4 Å². The van der Waals surface area contributed by atoms with E-state index in [-0.39, 0.29) is 5.91 Å². The summed E-state index contributed by atoms with van der Waals surface area (Å²) >= 11 is 6.32. The van der Waals surface area contributed by atoms with Crippen LogP contribution in [0.2, 0.25) is 5.02 Å². The topological polar surface area (TPSA) is 80.2 Å². The molecule has 2 aromatic rings. The van der Waals surface area contributed by atoms with E-state index in [4.69, 9.17) is 11.6 Å². The van der Waals surface area contributed by atoms with Gasteiger partial charge in [0.05, 0.1) is 23.7 Å². The van der Waals surface area contributed by atoms with Crippen LogP contribution in [0.5, 0.6) is 0 Å². The number of hydrogen-bond acceptors (Lipinski definition) is 4. The number of amides is 1. The zero-order chi connectivity index (χ0) is 18.7. The number of hydrazone groups is 1. The van der Waals surface area contributed by atoms with Gasteiger partial charge in [0.2, 0.25) is 0 Å². The molecule has 1 heterocycles. The molecule has 0 saturated carbocycles. The van der Waals surface area contributed by atoms with Crippen LogP contribution >= 0.6 is 11.6 Å². The Balaban J connectivity index is 2.07. The zero-order valence-electron chi connectivity index (χ0n) is 14.0. The Labute approximate surface area is 156 Å². The third kappa shape index (κ3) is 3.06. The first-order chi connectivity index (χ1) is 12.6. The van der Waals surface area contributed by atoms with Crippen LogP contribution in [0.3, 0.4) is 0 Å². The number of nitrogens with zero attached hydrogens (tertiary/aromatic N) is 4. The Bertz CT molecular complexity index is 928. The number of halogens is 1. The Morgan fingerprint density at radius 1 is 1.08 bits per heavy atom. The van der Waals surface area contributed by atoms with E-state index in [9.17, 15) is 15.3 Å². The second kappa shape index (κ2) is 7.39. The van der Waals surface area contributed by atoms with Gasteiger partial charge in [-0.2, -0.15) is 15.6 Å². The van der Waals surface area contributed by atoms with Crippen LogP contribution in [-0.2, 0) is 4.79 Å². The van der Waals surface area contributed by atoms with E-state index in [1.807, 2.05) is 30.3 Å². The molecule has 0 saturated heterocycles. The van der Waals surface area contributed by atoms with Gasteiger partial charge < -0.3 is 0 Å². The predicted molar refractivity (Wildman–Crippen MR) is 99.4 cm³/mol. The first-order valence-electron chi connectivity index (χ1n) is 8.06. The standard InChI is InChI=1S/C20H15ClN4O/c1-13-18(20(26)25(24-13)15-7-3-2-4-8-15)19(14(11-22)12-23)16-9-5-6-10-17(16)21/h2-10,14,18-19H,1H3/t18-,19-/m0/s1. The number of anilines is 1. The highest BCUT2D eigenvalue weighted by molar-refractivity contribution is 6.31. The maximum Gasteiger partial charge on any atom is 0.256 e. The Morgan fingerprint density at radius 2 is 1.69 bits per heavy atom. The van der Waals surface area contributed by atoms with Gasteiger partial charge in [-0.05, 0) is 30.7 Å². The van der Waals surface area contributed by atoms with Crippen molar-refractivity contribution in [1.82, 2.24) is 0 Å². The molecule has 1 aliphatic heterocycles. The Morgan fingerprint density at radius 3 is 2.31 bits per heavy atom.